The van der Waals surface area contributed by atoms with Crippen molar-refractivity contribution in [3.63, 3.8) is 0 Å². The molecular weight excluding hydrogens is 303 g/mol. The summed E-state index contributed by atoms with van der Waals surface area (Å²) in [7, 11) is -1.55. The van der Waals surface area contributed by atoms with Gasteiger partial charge in [-0.3, -0.25) is 0 Å². The number of rotatable bonds is 4. The van der Waals surface area contributed by atoms with Crippen molar-refractivity contribution in [2.45, 2.75) is 58.4 Å². The molecule has 1 atom stereocenters. The van der Waals surface area contributed by atoms with Gasteiger partial charge in [0.15, 0.2) is 8.32 Å². The van der Waals surface area contributed by atoms with Crippen molar-refractivity contribution in [3.8, 4) is 0 Å². The molecule has 0 N–H and O–H groups in total. The van der Waals surface area contributed by atoms with Crippen LogP contribution in [0.5, 0.6) is 0 Å². The molecule has 0 rings (SSSR count). The van der Waals surface area contributed by atoms with Crippen LogP contribution in [-0.4, -0.2) is 14.4 Å². The SMILES string of the molecule is C[C@H](C/C=C\I)O[Si](C)(C)C(C)(C)C. The van der Waals surface area contributed by atoms with Crippen LogP contribution in [0.15, 0.2) is 10.2 Å². The smallest absolute Gasteiger partial charge is 0.192 e. The number of hydrogen-bond donors (Lipinski definition) is 0. The van der Waals surface area contributed by atoms with Gasteiger partial charge in [-0.1, -0.05) is 49.4 Å². The largest absolute Gasteiger partial charge is 0.414 e. The summed E-state index contributed by atoms with van der Waals surface area (Å²) in [4.78, 5) is 0. The summed E-state index contributed by atoms with van der Waals surface area (Å²) in [5, 5.41) is 0.315. The second kappa shape index (κ2) is 5.65. The van der Waals surface area contributed by atoms with Gasteiger partial charge in [0.1, 0.15) is 0 Å². The second-order valence-electron chi connectivity index (χ2n) is 5.29. The van der Waals surface area contributed by atoms with E-state index in [1.165, 1.54) is 0 Å². The molecule has 0 amide bonds. The van der Waals surface area contributed by atoms with Gasteiger partial charge in [-0.25, -0.2) is 0 Å². The zero-order chi connectivity index (χ0) is 11.4. The van der Waals surface area contributed by atoms with Crippen molar-refractivity contribution < 1.29 is 4.43 Å². The lowest BCUT2D eigenvalue weighted by Crippen LogP contribution is -2.43. The van der Waals surface area contributed by atoms with Gasteiger partial charge in [0, 0.05) is 6.10 Å². The highest BCUT2D eigenvalue weighted by molar-refractivity contribution is 14.1. The lowest BCUT2D eigenvalue weighted by Gasteiger charge is -2.38. The first-order chi connectivity index (χ1) is 6.20. The van der Waals surface area contributed by atoms with Crippen LogP contribution in [0.4, 0.5) is 0 Å². The average Bonchev–Trinajstić information content (AvgIpc) is 1.97. The highest BCUT2D eigenvalue weighted by Crippen LogP contribution is 2.37. The summed E-state index contributed by atoms with van der Waals surface area (Å²) in [6.45, 7) is 13.6. The van der Waals surface area contributed by atoms with E-state index in [0.29, 0.717) is 11.1 Å². The van der Waals surface area contributed by atoms with Crippen molar-refractivity contribution >= 4 is 30.9 Å². The number of halogens is 1. The molecule has 84 valence electrons. The molecule has 0 aliphatic rings. The minimum absolute atomic E-state index is 0.315. The molecule has 0 aliphatic heterocycles. The van der Waals surface area contributed by atoms with E-state index in [2.05, 4.69) is 73.5 Å². The van der Waals surface area contributed by atoms with Crippen LogP contribution < -0.4 is 0 Å². The first-order valence-corrected chi connectivity index (χ1v) is 9.29. The zero-order valence-corrected chi connectivity index (χ0v) is 13.4. The van der Waals surface area contributed by atoms with Crippen molar-refractivity contribution in [1.82, 2.24) is 0 Å². The Hall–Kier alpha value is 0.647. The van der Waals surface area contributed by atoms with Crippen LogP contribution in [0.25, 0.3) is 0 Å². The van der Waals surface area contributed by atoms with E-state index in [9.17, 15) is 0 Å². The molecule has 0 radical (unpaired) electrons. The Morgan fingerprint density at radius 1 is 1.36 bits per heavy atom. The molecule has 3 heteroatoms. The maximum Gasteiger partial charge on any atom is 0.192 e. The molecule has 14 heavy (non-hydrogen) atoms. The van der Waals surface area contributed by atoms with Crippen LogP contribution in [0, 0.1) is 0 Å². The van der Waals surface area contributed by atoms with Crippen molar-refractivity contribution in [1.29, 1.82) is 0 Å². The molecular formula is C11H23IOSi. The second-order valence-corrected chi connectivity index (χ2v) is 10.8. The Bertz CT molecular complexity index is 194. The van der Waals surface area contributed by atoms with Crippen LogP contribution in [0.3, 0.4) is 0 Å². The van der Waals surface area contributed by atoms with Crippen LogP contribution in [0.1, 0.15) is 34.1 Å². The lowest BCUT2D eigenvalue weighted by molar-refractivity contribution is 0.202. The summed E-state index contributed by atoms with van der Waals surface area (Å²) in [6.07, 6.45) is 3.54. The Kier molecular flexibility index (Phi) is 5.92. The minimum Gasteiger partial charge on any atom is -0.414 e. The normalized spacial score (nSPS) is 16.2. The van der Waals surface area contributed by atoms with E-state index in [0.717, 1.165) is 6.42 Å². The molecule has 0 aromatic rings. The van der Waals surface area contributed by atoms with E-state index >= 15 is 0 Å². The average molecular weight is 326 g/mol. The summed E-state index contributed by atoms with van der Waals surface area (Å²) >= 11 is 2.25. The quantitative estimate of drug-likeness (QED) is 0.536. The molecule has 0 aromatic heterocycles. The Labute approximate surface area is 104 Å². The third-order valence-corrected chi connectivity index (χ3v) is 7.97. The van der Waals surface area contributed by atoms with Crippen LogP contribution in [-0.2, 0) is 4.43 Å². The monoisotopic (exact) mass is 326 g/mol. The molecule has 0 bridgehead atoms. The van der Waals surface area contributed by atoms with E-state index in [4.69, 9.17) is 4.43 Å². The third kappa shape index (κ3) is 4.93. The maximum absolute atomic E-state index is 6.19. The predicted octanol–water partition coefficient (Wildman–Crippen LogP) is 4.74. The van der Waals surface area contributed by atoms with E-state index in [-0.39, 0.29) is 0 Å². The van der Waals surface area contributed by atoms with Gasteiger partial charge in [-0.05, 0) is 35.6 Å². The topological polar surface area (TPSA) is 9.23 Å². The number of hydrogen-bond acceptors (Lipinski definition) is 1. The molecule has 0 fully saturated rings. The fourth-order valence-electron chi connectivity index (χ4n) is 0.971. The van der Waals surface area contributed by atoms with Gasteiger partial charge in [0.2, 0.25) is 0 Å². The van der Waals surface area contributed by atoms with Crippen molar-refractivity contribution in [2.75, 3.05) is 0 Å². The molecule has 0 aromatic carbocycles. The van der Waals surface area contributed by atoms with Gasteiger partial charge < -0.3 is 4.43 Å². The highest BCUT2D eigenvalue weighted by Gasteiger charge is 2.38. The van der Waals surface area contributed by atoms with E-state index in [1.54, 1.807) is 0 Å². The van der Waals surface area contributed by atoms with Gasteiger partial charge in [-0.2, -0.15) is 0 Å². The summed E-state index contributed by atoms with van der Waals surface area (Å²) in [5.74, 6) is 0. The predicted molar refractivity (Wildman–Crippen MR) is 75.5 cm³/mol. The lowest BCUT2D eigenvalue weighted by atomic mass is 10.2. The molecule has 0 heterocycles. The minimum atomic E-state index is -1.55. The summed E-state index contributed by atoms with van der Waals surface area (Å²) < 4.78 is 8.25. The van der Waals surface area contributed by atoms with E-state index < -0.39 is 8.32 Å². The van der Waals surface area contributed by atoms with Crippen LogP contribution >= 0.6 is 22.6 Å². The Morgan fingerprint density at radius 2 is 1.86 bits per heavy atom. The van der Waals surface area contributed by atoms with E-state index in [1.807, 2.05) is 0 Å². The molecule has 0 spiro atoms. The molecule has 1 nitrogen and oxygen atoms in total. The fraction of sp³-hybridized carbons (Fsp3) is 0.818. The highest BCUT2D eigenvalue weighted by atomic mass is 127. The molecule has 0 saturated heterocycles. The standard InChI is InChI=1S/C11H23IOSi/c1-10(8-7-9-12)13-14(5,6)11(2,3)4/h7,9-10H,8H2,1-6H3/b9-7-/t10-/m1/s1. The van der Waals surface area contributed by atoms with Gasteiger partial charge in [-0.15, -0.1) is 0 Å². The van der Waals surface area contributed by atoms with Gasteiger partial charge >= 0.3 is 0 Å². The first-order valence-electron chi connectivity index (χ1n) is 5.14. The van der Waals surface area contributed by atoms with Crippen molar-refractivity contribution in [3.05, 3.63) is 10.2 Å². The fourth-order valence-corrected chi connectivity index (χ4v) is 2.72. The van der Waals surface area contributed by atoms with Gasteiger partial charge in [0.05, 0.1) is 0 Å². The van der Waals surface area contributed by atoms with Gasteiger partial charge in [0.25, 0.3) is 0 Å². The summed E-state index contributed by atoms with van der Waals surface area (Å²) in [6, 6.07) is 0. The zero-order valence-electron chi connectivity index (χ0n) is 10.2. The summed E-state index contributed by atoms with van der Waals surface area (Å²) in [5.41, 5.74) is 0. The maximum atomic E-state index is 6.19. The molecule has 0 aliphatic carbocycles. The van der Waals surface area contributed by atoms with Crippen molar-refractivity contribution in [2.24, 2.45) is 0 Å². The third-order valence-electron chi connectivity index (χ3n) is 2.86. The Balaban J connectivity index is 4.22. The molecule has 0 unspecified atom stereocenters. The molecule has 0 saturated carbocycles. The first kappa shape index (κ1) is 14.6. The van der Waals surface area contributed by atoms with Crippen LogP contribution in [0.2, 0.25) is 18.1 Å². The Morgan fingerprint density at radius 3 is 2.21 bits per heavy atom.